The van der Waals surface area contributed by atoms with Crippen molar-refractivity contribution in [2.24, 2.45) is 0 Å². The molecule has 0 fully saturated rings. The molecule has 1 N–H and O–H groups in total. The highest BCUT2D eigenvalue weighted by molar-refractivity contribution is 5.89. The van der Waals surface area contributed by atoms with Gasteiger partial charge in [-0.25, -0.2) is 14.8 Å². The molecule has 2 aromatic rings. The maximum atomic E-state index is 11.7. The van der Waals surface area contributed by atoms with Gasteiger partial charge in [0.25, 0.3) is 0 Å². The molecule has 0 aliphatic heterocycles. The zero-order chi connectivity index (χ0) is 14.4. The van der Waals surface area contributed by atoms with Gasteiger partial charge in [-0.15, -0.1) is 0 Å². The number of ether oxygens (including phenoxy) is 1. The van der Waals surface area contributed by atoms with E-state index in [9.17, 15) is 4.79 Å². The number of rotatable bonds is 5. The number of esters is 1. The molecular formula is C15H17N3O2. The first-order chi connectivity index (χ1) is 9.65. The zero-order valence-electron chi connectivity index (χ0n) is 11.5. The van der Waals surface area contributed by atoms with Crippen LogP contribution in [0.25, 0.3) is 0 Å². The Bertz CT molecular complexity index is 553. The fraction of sp³-hybridized carbons (Fsp3) is 0.267. The normalized spacial score (nSPS) is 10.3. The predicted octanol–water partition coefficient (Wildman–Crippen LogP) is 2.65. The van der Waals surface area contributed by atoms with Crippen LogP contribution in [-0.4, -0.2) is 22.0 Å². The van der Waals surface area contributed by atoms with Crippen molar-refractivity contribution in [2.45, 2.75) is 26.5 Å². The molecule has 0 amide bonds. The van der Waals surface area contributed by atoms with Gasteiger partial charge in [-0.1, -0.05) is 0 Å². The molecule has 1 heterocycles. The van der Waals surface area contributed by atoms with Crippen LogP contribution in [0.4, 0.5) is 5.69 Å². The van der Waals surface area contributed by atoms with Crippen molar-refractivity contribution in [3.63, 3.8) is 0 Å². The number of nitrogens with one attached hydrogen (secondary N) is 1. The van der Waals surface area contributed by atoms with Crippen LogP contribution in [-0.2, 0) is 11.3 Å². The van der Waals surface area contributed by atoms with Gasteiger partial charge in [0.1, 0.15) is 6.33 Å². The Morgan fingerprint density at radius 3 is 2.45 bits per heavy atom. The van der Waals surface area contributed by atoms with Crippen LogP contribution in [0.2, 0.25) is 0 Å². The minimum absolute atomic E-state index is 0.113. The van der Waals surface area contributed by atoms with E-state index in [0.29, 0.717) is 12.1 Å². The minimum atomic E-state index is -0.303. The largest absolute Gasteiger partial charge is 0.459 e. The monoisotopic (exact) mass is 271 g/mol. The van der Waals surface area contributed by atoms with E-state index in [-0.39, 0.29) is 12.1 Å². The second-order valence-corrected chi connectivity index (χ2v) is 4.63. The molecule has 104 valence electrons. The fourth-order valence-corrected chi connectivity index (χ4v) is 1.63. The summed E-state index contributed by atoms with van der Waals surface area (Å²) in [7, 11) is 0. The van der Waals surface area contributed by atoms with Crippen LogP contribution < -0.4 is 5.32 Å². The van der Waals surface area contributed by atoms with E-state index >= 15 is 0 Å². The molecule has 0 saturated carbocycles. The number of aromatic nitrogens is 2. The summed E-state index contributed by atoms with van der Waals surface area (Å²) >= 11 is 0. The molecule has 0 unspecified atom stereocenters. The lowest BCUT2D eigenvalue weighted by Crippen LogP contribution is -2.11. The highest BCUT2D eigenvalue weighted by Gasteiger charge is 2.08. The summed E-state index contributed by atoms with van der Waals surface area (Å²) in [6, 6.07) is 7.19. The molecule has 0 saturated heterocycles. The fourth-order valence-electron chi connectivity index (χ4n) is 1.63. The SMILES string of the molecule is CC(C)OC(=O)c1ccc(NCc2cncnc2)cc1. The van der Waals surface area contributed by atoms with E-state index in [1.165, 1.54) is 6.33 Å². The molecule has 1 aromatic carbocycles. The van der Waals surface area contributed by atoms with Gasteiger partial charge in [0.05, 0.1) is 11.7 Å². The number of nitrogens with zero attached hydrogens (tertiary/aromatic N) is 2. The molecular weight excluding hydrogens is 254 g/mol. The molecule has 2 rings (SSSR count). The molecule has 0 radical (unpaired) electrons. The smallest absolute Gasteiger partial charge is 0.338 e. The lowest BCUT2D eigenvalue weighted by atomic mass is 10.2. The minimum Gasteiger partial charge on any atom is -0.459 e. The summed E-state index contributed by atoms with van der Waals surface area (Å²) in [5, 5.41) is 3.24. The molecule has 20 heavy (non-hydrogen) atoms. The summed E-state index contributed by atoms with van der Waals surface area (Å²) < 4.78 is 5.13. The van der Waals surface area contributed by atoms with E-state index in [4.69, 9.17) is 4.74 Å². The van der Waals surface area contributed by atoms with Crippen LogP contribution in [0.5, 0.6) is 0 Å². The Kier molecular flexibility index (Phi) is 4.65. The Labute approximate surface area is 118 Å². The molecule has 0 spiro atoms. The molecule has 0 aliphatic rings. The maximum absolute atomic E-state index is 11.7. The number of hydrogen-bond acceptors (Lipinski definition) is 5. The Balaban J connectivity index is 1.93. The summed E-state index contributed by atoms with van der Waals surface area (Å²) in [6.07, 6.45) is 4.90. The lowest BCUT2D eigenvalue weighted by molar-refractivity contribution is 0.0378. The first-order valence-corrected chi connectivity index (χ1v) is 6.44. The topological polar surface area (TPSA) is 64.1 Å². The van der Waals surface area contributed by atoms with Crippen LogP contribution in [0.1, 0.15) is 29.8 Å². The average Bonchev–Trinajstić information content (AvgIpc) is 2.46. The van der Waals surface area contributed by atoms with Crippen molar-refractivity contribution < 1.29 is 9.53 Å². The Morgan fingerprint density at radius 2 is 1.85 bits per heavy atom. The molecule has 0 bridgehead atoms. The van der Waals surface area contributed by atoms with Crippen LogP contribution in [0, 0.1) is 0 Å². The van der Waals surface area contributed by atoms with Crippen molar-refractivity contribution in [3.05, 3.63) is 54.1 Å². The number of benzene rings is 1. The van der Waals surface area contributed by atoms with Gasteiger partial charge in [0, 0.05) is 30.2 Å². The highest BCUT2D eigenvalue weighted by atomic mass is 16.5. The first-order valence-electron chi connectivity index (χ1n) is 6.44. The van der Waals surface area contributed by atoms with E-state index in [0.717, 1.165) is 11.3 Å². The van der Waals surface area contributed by atoms with Crippen molar-refractivity contribution in [1.29, 1.82) is 0 Å². The Morgan fingerprint density at radius 1 is 1.20 bits per heavy atom. The van der Waals surface area contributed by atoms with E-state index < -0.39 is 0 Å². The Hall–Kier alpha value is -2.43. The van der Waals surface area contributed by atoms with Crippen molar-refractivity contribution in [2.75, 3.05) is 5.32 Å². The maximum Gasteiger partial charge on any atom is 0.338 e. The van der Waals surface area contributed by atoms with Crippen LogP contribution >= 0.6 is 0 Å². The zero-order valence-corrected chi connectivity index (χ0v) is 11.5. The summed E-state index contributed by atoms with van der Waals surface area (Å²) in [6.45, 7) is 4.29. The van der Waals surface area contributed by atoms with E-state index in [1.54, 1.807) is 24.5 Å². The summed E-state index contributed by atoms with van der Waals surface area (Å²) in [5.74, 6) is -0.303. The van der Waals surface area contributed by atoms with Gasteiger partial charge in [-0.3, -0.25) is 0 Å². The number of anilines is 1. The van der Waals surface area contributed by atoms with Crippen molar-refractivity contribution in [1.82, 2.24) is 9.97 Å². The van der Waals surface area contributed by atoms with Gasteiger partial charge < -0.3 is 10.1 Å². The van der Waals surface area contributed by atoms with Gasteiger partial charge in [-0.2, -0.15) is 0 Å². The first kappa shape index (κ1) is 14.0. The van der Waals surface area contributed by atoms with Crippen LogP contribution in [0.15, 0.2) is 43.0 Å². The van der Waals surface area contributed by atoms with Crippen LogP contribution in [0.3, 0.4) is 0 Å². The third-order valence-electron chi connectivity index (χ3n) is 2.57. The highest BCUT2D eigenvalue weighted by Crippen LogP contribution is 2.12. The van der Waals surface area contributed by atoms with Gasteiger partial charge in [-0.05, 0) is 38.1 Å². The summed E-state index contributed by atoms with van der Waals surface area (Å²) in [5.41, 5.74) is 2.47. The van der Waals surface area contributed by atoms with Gasteiger partial charge in [0.15, 0.2) is 0 Å². The molecule has 5 nitrogen and oxygen atoms in total. The number of carbonyl (C=O) groups is 1. The predicted molar refractivity (Wildman–Crippen MR) is 76.4 cm³/mol. The van der Waals surface area contributed by atoms with Gasteiger partial charge in [0.2, 0.25) is 0 Å². The van der Waals surface area contributed by atoms with E-state index in [2.05, 4.69) is 15.3 Å². The second kappa shape index (κ2) is 6.65. The third-order valence-corrected chi connectivity index (χ3v) is 2.57. The molecule has 0 aliphatic carbocycles. The van der Waals surface area contributed by atoms with Crippen molar-refractivity contribution >= 4 is 11.7 Å². The average molecular weight is 271 g/mol. The second-order valence-electron chi connectivity index (χ2n) is 4.63. The molecule has 1 aromatic heterocycles. The quantitative estimate of drug-likeness (QED) is 0.847. The van der Waals surface area contributed by atoms with Crippen molar-refractivity contribution in [3.8, 4) is 0 Å². The number of hydrogen-bond donors (Lipinski definition) is 1. The number of carbonyl (C=O) groups excluding carboxylic acids is 1. The van der Waals surface area contributed by atoms with Gasteiger partial charge >= 0.3 is 5.97 Å². The van der Waals surface area contributed by atoms with E-state index in [1.807, 2.05) is 26.0 Å². The third kappa shape index (κ3) is 4.05. The molecule has 5 heteroatoms. The lowest BCUT2D eigenvalue weighted by Gasteiger charge is -2.09. The molecule has 0 atom stereocenters. The standard InChI is InChI=1S/C15H17N3O2/c1-11(2)20-15(19)13-3-5-14(6-4-13)18-9-12-7-16-10-17-8-12/h3-8,10-11,18H,9H2,1-2H3. The summed E-state index contributed by atoms with van der Waals surface area (Å²) in [4.78, 5) is 19.6.